The number of hydrogen-bond donors (Lipinski definition) is 0. The third kappa shape index (κ3) is 2.73. The van der Waals surface area contributed by atoms with Crippen molar-refractivity contribution in [3.8, 4) is 5.69 Å². The SMILES string of the molecule is CCOC(=O)C1=NN(C)c2cnn(-c3ccccc3)c(=O)c2C1. The van der Waals surface area contributed by atoms with Crippen molar-refractivity contribution in [3.05, 3.63) is 52.4 Å². The fraction of sp³-hybridized carbons (Fsp3) is 0.250. The smallest absolute Gasteiger partial charge is 0.354 e. The highest BCUT2D eigenvalue weighted by atomic mass is 16.5. The van der Waals surface area contributed by atoms with Gasteiger partial charge in [0.1, 0.15) is 0 Å². The van der Waals surface area contributed by atoms with Crippen molar-refractivity contribution in [1.29, 1.82) is 0 Å². The third-order valence-electron chi connectivity index (χ3n) is 3.53. The van der Waals surface area contributed by atoms with Crippen molar-refractivity contribution in [2.24, 2.45) is 5.10 Å². The van der Waals surface area contributed by atoms with E-state index in [-0.39, 0.29) is 24.3 Å². The minimum Gasteiger partial charge on any atom is -0.461 e. The highest BCUT2D eigenvalue weighted by molar-refractivity contribution is 6.37. The van der Waals surface area contributed by atoms with Crippen LogP contribution in [0.1, 0.15) is 12.5 Å². The van der Waals surface area contributed by atoms with Gasteiger partial charge >= 0.3 is 5.97 Å². The number of esters is 1. The molecule has 1 aromatic heterocycles. The third-order valence-corrected chi connectivity index (χ3v) is 3.53. The number of hydrogen-bond acceptors (Lipinski definition) is 6. The molecular formula is C16H16N4O3. The lowest BCUT2D eigenvalue weighted by molar-refractivity contribution is -0.135. The monoisotopic (exact) mass is 312 g/mol. The average Bonchev–Trinajstić information content (AvgIpc) is 2.56. The van der Waals surface area contributed by atoms with Crippen molar-refractivity contribution in [1.82, 2.24) is 9.78 Å². The summed E-state index contributed by atoms with van der Waals surface area (Å²) in [4.78, 5) is 24.7. The summed E-state index contributed by atoms with van der Waals surface area (Å²) in [6.07, 6.45) is 1.71. The lowest BCUT2D eigenvalue weighted by atomic mass is 10.1. The quantitative estimate of drug-likeness (QED) is 0.794. The molecule has 0 saturated carbocycles. The molecule has 0 bridgehead atoms. The van der Waals surface area contributed by atoms with Gasteiger partial charge < -0.3 is 4.74 Å². The number of aromatic nitrogens is 2. The van der Waals surface area contributed by atoms with E-state index in [1.165, 1.54) is 9.69 Å². The van der Waals surface area contributed by atoms with Gasteiger partial charge in [-0.05, 0) is 19.1 Å². The molecular weight excluding hydrogens is 296 g/mol. The zero-order valence-electron chi connectivity index (χ0n) is 12.9. The zero-order chi connectivity index (χ0) is 16.4. The molecule has 0 unspecified atom stereocenters. The van der Waals surface area contributed by atoms with Crippen LogP contribution in [-0.4, -0.2) is 35.1 Å². The van der Waals surface area contributed by atoms with Crippen LogP contribution < -0.4 is 10.6 Å². The van der Waals surface area contributed by atoms with Crippen LogP contribution in [0.3, 0.4) is 0 Å². The number of ether oxygens (including phenoxy) is 1. The minimum atomic E-state index is -0.507. The van der Waals surface area contributed by atoms with Crippen LogP contribution in [0.4, 0.5) is 5.69 Å². The van der Waals surface area contributed by atoms with Gasteiger partial charge in [0.05, 0.1) is 29.7 Å². The molecule has 7 nitrogen and oxygen atoms in total. The summed E-state index contributed by atoms with van der Waals surface area (Å²) in [5.74, 6) is -0.507. The van der Waals surface area contributed by atoms with E-state index in [0.717, 1.165) is 0 Å². The Hall–Kier alpha value is -2.96. The number of carbonyl (C=O) groups excluding carboxylic acids is 1. The number of rotatable bonds is 3. The first-order chi connectivity index (χ1) is 11.1. The number of hydrazone groups is 1. The summed E-state index contributed by atoms with van der Waals surface area (Å²) >= 11 is 0. The van der Waals surface area contributed by atoms with E-state index < -0.39 is 5.97 Å². The summed E-state index contributed by atoms with van der Waals surface area (Å²) in [6.45, 7) is 1.99. The largest absolute Gasteiger partial charge is 0.461 e. The Morgan fingerprint density at radius 1 is 1.30 bits per heavy atom. The van der Waals surface area contributed by atoms with E-state index in [9.17, 15) is 9.59 Å². The first-order valence-corrected chi connectivity index (χ1v) is 7.26. The lowest BCUT2D eigenvalue weighted by Gasteiger charge is -2.23. The molecule has 2 heterocycles. The molecule has 7 heteroatoms. The minimum absolute atomic E-state index is 0.132. The van der Waals surface area contributed by atoms with Crippen LogP contribution in [0.15, 0.2) is 46.4 Å². The summed E-state index contributed by atoms with van der Waals surface area (Å²) < 4.78 is 6.30. The van der Waals surface area contributed by atoms with Gasteiger partial charge in [-0.3, -0.25) is 9.80 Å². The molecule has 0 fully saturated rings. The van der Waals surface area contributed by atoms with Crippen molar-refractivity contribution in [3.63, 3.8) is 0 Å². The summed E-state index contributed by atoms with van der Waals surface area (Å²) in [7, 11) is 1.67. The highest BCUT2D eigenvalue weighted by Gasteiger charge is 2.26. The molecule has 0 saturated heterocycles. The van der Waals surface area contributed by atoms with Crippen LogP contribution in [0.2, 0.25) is 0 Å². The summed E-state index contributed by atoms with van der Waals surface area (Å²) in [5, 5.41) is 9.85. The predicted octanol–water partition coefficient (Wildman–Crippen LogP) is 1.14. The maximum Gasteiger partial charge on any atom is 0.354 e. The molecule has 1 aromatic carbocycles. The Balaban J connectivity index is 2.05. The topological polar surface area (TPSA) is 76.8 Å². The van der Waals surface area contributed by atoms with E-state index in [4.69, 9.17) is 4.74 Å². The van der Waals surface area contributed by atoms with E-state index in [2.05, 4.69) is 10.2 Å². The number of para-hydroxylation sites is 1. The Bertz CT molecular complexity index is 827. The van der Waals surface area contributed by atoms with Gasteiger partial charge in [-0.2, -0.15) is 14.9 Å². The first kappa shape index (κ1) is 15.0. The molecule has 23 heavy (non-hydrogen) atoms. The normalized spacial score (nSPS) is 13.3. The van der Waals surface area contributed by atoms with Crippen molar-refractivity contribution >= 4 is 17.4 Å². The van der Waals surface area contributed by atoms with Gasteiger partial charge in [0.2, 0.25) is 0 Å². The first-order valence-electron chi connectivity index (χ1n) is 7.26. The van der Waals surface area contributed by atoms with Gasteiger partial charge in [0, 0.05) is 13.5 Å². The van der Waals surface area contributed by atoms with Gasteiger partial charge in [-0.1, -0.05) is 18.2 Å². The second-order valence-electron chi connectivity index (χ2n) is 5.03. The van der Waals surface area contributed by atoms with Gasteiger partial charge in [0.15, 0.2) is 5.71 Å². The highest BCUT2D eigenvalue weighted by Crippen LogP contribution is 2.21. The molecule has 3 rings (SSSR count). The van der Waals surface area contributed by atoms with Crippen LogP contribution in [-0.2, 0) is 16.0 Å². The Morgan fingerprint density at radius 2 is 2.04 bits per heavy atom. The van der Waals surface area contributed by atoms with Crippen molar-refractivity contribution in [2.75, 3.05) is 18.7 Å². The number of carbonyl (C=O) groups is 1. The summed E-state index contributed by atoms with van der Waals surface area (Å²) in [6, 6.07) is 9.13. The molecule has 2 aromatic rings. The molecule has 0 aliphatic carbocycles. The predicted molar refractivity (Wildman–Crippen MR) is 86.0 cm³/mol. The Morgan fingerprint density at radius 3 is 2.74 bits per heavy atom. The van der Waals surface area contributed by atoms with Crippen LogP contribution in [0.25, 0.3) is 5.69 Å². The second-order valence-corrected chi connectivity index (χ2v) is 5.03. The van der Waals surface area contributed by atoms with E-state index >= 15 is 0 Å². The summed E-state index contributed by atoms with van der Waals surface area (Å²) in [5.41, 5.74) is 1.68. The van der Waals surface area contributed by atoms with Crippen LogP contribution >= 0.6 is 0 Å². The zero-order valence-corrected chi connectivity index (χ0v) is 12.9. The number of benzene rings is 1. The molecule has 0 amide bonds. The van der Waals surface area contributed by atoms with Gasteiger partial charge in [0.25, 0.3) is 5.56 Å². The second kappa shape index (κ2) is 6.04. The molecule has 0 N–H and O–H groups in total. The van der Waals surface area contributed by atoms with Crippen molar-refractivity contribution in [2.45, 2.75) is 13.3 Å². The fourth-order valence-corrected chi connectivity index (χ4v) is 2.44. The number of nitrogens with zero attached hydrogens (tertiary/aromatic N) is 4. The van der Waals surface area contributed by atoms with Crippen LogP contribution in [0.5, 0.6) is 0 Å². The molecule has 0 radical (unpaired) electrons. The Kier molecular flexibility index (Phi) is 3.92. The van der Waals surface area contributed by atoms with Gasteiger partial charge in [-0.25, -0.2) is 4.79 Å². The average molecular weight is 312 g/mol. The Labute approximate surface area is 132 Å². The molecule has 0 spiro atoms. The van der Waals surface area contributed by atoms with E-state index in [1.807, 2.05) is 18.2 Å². The van der Waals surface area contributed by atoms with E-state index in [1.54, 1.807) is 32.3 Å². The van der Waals surface area contributed by atoms with Crippen molar-refractivity contribution < 1.29 is 9.53 Å². The van der Waals surface area contributed by atoms with Crippen LogP contribution in [0, 0.1) is 0 Å². The van der Waals surface area contributed by atoms with Gasteiger partial charge in [-0.15, -0.1) is 0 Å². The molecule has 118 valence electrons. The maximum absolute atomic E-state index is 12.8. The van der Waals surface area contributed by atoms with E-state index in [0.29, 0.717) is 16.9 Å². The number of anilines is 1. The maximum atomic E-state index is 12.8. The standard InChI is InChI=1S/C16H16N4O3/c1-3-23-16(22)13-9-12-14(19(2)18-13)10-17-20(15(12)21)11-7-5-4-6-8-11/h4-8,10H,3,9H2,1-2H3. The fourth-order valence-electron chi connectivity index (χ4n) is 2.44. The lowest BCUT2D eigenvalue weighted by Crippen LogP contribution is -2.35. The number of fused-ring (bicyclic) bond motifs is 1. The molecule has 0 atom stereocenters. The molecule has 1 aliphatic heterocycles. The molecule has 1 aliphatic rings.